The maximum Gasteiger partial charge on any atom is 0.321 e. The van der Waals surface area contributed by atoms with Gasteiger partial charge in [0.15, 0.2) is 0 Å². The molecule has 88 valence electrons. The first-order chi connectivity index (χ1) is 7.38. The fourth-order valence-electron chi connectivity index (χ4n) is 0.955. The highest BCUT2D eigenvalue weighted by atomic mass is 35.5. The summed E-state index contributed by atoms with van der Waals surface area (Å²) in [5.41, 5.74) is 0. The fourth-order valence-corrected chi connectivity index (χ4v) is 1.74. The van der Waals surface area contributed by atoms with Crippen LogP contribution in [0.1, 0.15) is 20.8 Å². The van der Waals surface area contributed by atoms with Gasteiger partial charge in [0.05, 0.1) is 10.8 Å². The van der Waals surface area contributed by atoms with E-state index in [0.717, 1.165) is 0 Å². The number of carbonyl (C=O) groups is 1. The molecule has 4 heteroatoms. The van der Waals surface area contributed by atoms with Crippen molar-refractivity contribution >= 4 is 29.3 Å². The quantitative estimate of drug-likeness (QED) is 0.610. The predicted octanol–water partition coefficient (Wildman–Crippen LogP) is 3.78. The average molecular weight is 259 g/mol. The second kappa shape index (κ2) is 5.60. The van der Waals surface area contributed by atoms with Gasteiger partial charge in [-0.2, -0.15) is 0 Å². The molecule has 0 N–H and O–H groups in total. The van der Waals surface area contributed by atoms with Gasteiger partial charge in [0.2, 0.25) is 0 Å². The van der Waals surface area contributed by atoms with Crippen LogP contribution in [0.15, 0.2) is 24.3 Å². The molecule has 1 rings (SSSR count). The monoisotopic (exact) mass is 258 g/mol. The van der Waals surface area contributed by atoms with E-state index < -0.39 is 0 Å². The Morgan fingerprint density at radius 1 is 1.38 bits per heavy atom. The molecule has 0 amide bonds. The molecule has 16 heavy (non-hydrogen) atoms. The van der Waals surface area contributed by atoms with Gasteiger partial charge in [-0.3, -0.25) is 4.79 Å². The SMILES string of the molecule is CC(C)(C)SCC(=O)Oc1ccccc1Cl. The van der Waals surface area contributed by atoms with Gasteiger partial charge in [-0.05, 0) is 12.1 Å². The highest BCUT2D eigenvalue weighted by Gasteiger charge is 2.15. The molecule has 0 atom stereocenters. The predicted molar refractivity (Wildman–Crippen MR) is 69.3 cm³/mol. The van der Waals surface area contributed by atoms with Gasteiger partial charge in [0.1, 0.15) is 5.75 Å². The van der Waals surface area contributed by atoms with E-state index in [2.05, 4.69) is 20.8 Å². The highest BCUT2D eigenvalue weighted by molar-refractivity contribution is 8.01. The third kappa shape index (κ3) is 4.90. The van der Waals surface area contributed by atoms with E-state index in [1.807, 2.05) is 0 Å². The third-order valence-electron chi connectivity index (χ3n) is 1.68. The van der Waals surface area contributed by atoms with Crippen LogP contribution in [-0.4, -0.2) is 16.5 Å². The van der Waals surface area contributed by atoms with Crippen molar-refractivity contribution in [3.05, 3.63) is 29.3 Å². The Bertz CT molecular complexity index is 372. The van der Waals surface area contributed by atoms with Crippen LogP contribution in [0.25, 0.3) is 0 Å². The summed E-state index contributed by atoms with van der Waals surface area (Å²) in [5, 5.41) is 0.455. The Balaban J connectivity index is 2.50. The lowest BCUT2D eigenvalue weighted by Gasteiger charge is -2.16. The van der Waals surface area contributed by atoms with Crippen LogP contribution >= 0.6 is 23.4 Å². The first kappa shape index (κ1) is 13.4. The molecule has 1 aromatic carbocycles. The van der Waals surface area contributed by atoms with Crippen LogP contribution in [-0.2, 0) is 4.79 Å². The molecular weight excluding hydrogens is 244 g/mol. The Morgan fingerprint density at radius 3 is 2.56 bits per heavy atom. The van der Waals surface area contributed by atoms with E-state index in [1.54, 1.807) is 36.0 Å². The van der Waals surface area contributed by atoms with Crippen LogP contribution in [0.3, 0.4) is 0 Å². The number of benzene rings is 1. The van der Waals surface area contributed by atoms with Crippen molar-refractivity contribution in [3.8, 4) is 5.75 Å². The maximum absolute atomic E-state index is 11.5. The molecule has 2 nitrogen and oxygen atoms in total. The van der Waals surface area contributed by atoms with Gasteiger partial charge in [0, 0.05) is 4.75 Å². The zero-order valence-electron chi connectivity index (χ0n) is 9.62. The summed E-state index contributed by atoms with van der Waals surface area (Å²) >= 11 is 7.42. The minimum Gasteiger partial charge on any atom is -0.424 e. The van der Waals surface area contributed by atoms with E-state index in [9.17, 15) is 4.79 Å². The standard InChI is InChI=1S/C12H15ClO2S/c1-12(2,3)16-8-11(14)15-10-7-5-4-6-9(10)13/h4-7H,8H2,1-3H3. The second-order valence-corrected chi connectivity index (χ2v) is 6.51. The molecule has 0 aliphatic rings. The zero-order chi connectivity index (χ0) is 12.2. The lowest BCUT2D eigenvalue weighted by atomic mass is 10.3. The Hall–Kier alpha value is -0.670. The average Bonchev–Trinajstić information content (AvgIpc) is 2.18. The largest absolute Gasteiger partial charge is 0.424 e. The zero-order valence-corrected chi connectivity index (χ0v) is 11.2. The Kier molecular flexibility index (Phi) is 4.69. The number of rotatable bonds is 3. The first-order valence-electron chi connectivity index (χ1n) is 4.98. The summed E-state index contributed by atoms with van der Waals surface area (Å²) in [4.78, 5) is 11.5. The van der Waals surface area contributed by atoms with E-state index in [1.165, 1.54) is 0 Å². The van der Waals surface area contributed by atoms with Crippen molar-refractivity contribution in [1.29, 1.82) is 0 Å². The number of para-hydroxylation sites is 1. The van der Waals surface area contributed by atoms with Gasteiger partial charge in [0.25, 0.3) is 0 Å². The van der Waals surface area contributed by atoms with Gasteiger partial charge >= 0.3 is 5.97 Å². The normalized spacial score (nSPS) is 11.2. The number of thioether (sulfide) groups is 1. The molecule has 0 spiro atoms. The van der Waals surface area contributed by atoms with Crippen molar-refractivity contribution in [1.82, 2.24) is 0 Å². The number of carbonyl (C=O) groups excluding carboxylic acids is 1. The molecule has 0 unspecified atom stereocenters. The molecule has 0 saturated heterocycles. The fraction of sp³-hybridized carbons (Fsp3) is 0.417. The lowest BCUT2D eigenvalue weighted by Crippen LogP contribution is -2.17. The van der Waals surface area contributed by atoms with E-state index in [4.69, 9.17) is 16.3 Å². The molecule has 0 aromatic heterocycles. The van der Waals surface area contributed by atoms with Gasteiger partial charge in [-0.15, -0.1) is 11.8 Å². The third-order valence-corrected chi connectivity index (χ3v) is 3.24. The van der Waals surface area contributed by atoms with Gasteiger partial charge in [-0.25, -0.2) is 0 Å². The number of esters is 1. The minimum atomic E-state index is -0.270. The van der Waals surface area contributed by atoms with Crippen molar-refractivity contribution < 1.29 is 9.53 Å². The molecule has 0 fully saturated rings. The van der Waals surface area contributed by atoms with E-state index >= 15 is 0 Å². The summed E-state index contributed by atoms with van der Waals surface area (Å²) in [5.74, 6) is 0.478. The summed E-state index contributed by atoms with van der Waals surface area (Å²) in [6.07, 6.45) is 0. The van der Waals surface area contributed by atoms with Crippen LogP contribution < -0.4 is 4.74 Å². The topological polar surface area (TPSA) is 26.3 Å². The molecular formula is C12H15ClO2S. The minimum absolute atomic E-state index is 0.0551. The van der Waals surface area contributed by atoms with E-state index in [0.29, 0.717) is 16.5 Å². The first-order valence-corrected chi connectivity index (χ1v) is 6.34. The Morgan fingerprint density at radius 2 is 2.00 bits per heavy atom. The Labute approximate surface area is 105 Å². The number of ether oxygens (including phenoxy) is 1. The smallest absolute Gasteiger partial charge is 0.321 e. The second-order valence-electron chi connectivity index (χ2n) is 4.31. The van der Waals surface area contributed by atoms with Crippen molar-refractivity contribution in [3.63, 3.8) is 0 Å². The van der Waals surface area contributed by atoms with Gasteiger partial charge < -0.3 is 4.74 Å². The number of hydrogen-bond acceptors (Lipinski definition) is 3. The molecule has 0 saturated carbocycles. The molecule has 0 bridgehead atoms. The van der Waals surface area contributed by atoms with Crippen molar-refractivity contribution in [2.45, 2.75) is 25.5 Å². The van der Waals surface area contributed by atoms with Crippen molar-refractivity contribution in [2.24, 2.45) is 0 Å². The van der Waals surface area contributed by atoms with Crippen LogP contribution in [0.5, 0.6) is 5.75 Å². The van der Waals surface area contributed by atoms with E-state index in [-0.39, 0.29) is 10.7 Å². The lowest BCUT2D eigenvalue weighted by molar-refractivity contribution is -0.131. The van der Waals surface area contributed by atoms with Crippen LogP contribution in [0.4, 0.5) is 0 Å². The maximum atomic E-state index is 11.5. The summed E-state index contributed by atoms with van der Waals surface area (Å²) in [7, 11) is 0. The number of hydrogen-bond donors (Lipinski definition) is 0. The molecule has 0 aliphatic heterocycles. The molecule has 0 radical (unpaired) electrons. The summed E-state index contributed by atoms with van der Waals surface area (Å²) in [6.45, 7) is 6.17. The highest BCUT2D eigenvalue weighted by Crippen LogP contribution is 2.26. The van der Waals surface area contributed by atoms with Gasteiger partial charge in [-0.1, -0.05) is 44.5 Å². The molecule has 1 aromatic rings. The molecule has 0 heterocycles. The number of halogens is 1. The summed E-state index contributed by atoms with van der Waals surface area (Å²) in [6, 6.07) is 6.96. The summed E-state index contributed by atoms with van der Waals surface area (Å²) < 4.78 is 5.20. The molecule has 0 aliphatic carbocycles. The van der Waals surface area contributed by atoms with Crippen LogP contribution in [0.2, 0.25) is 5.02 Å². The van der Waals surface area contributed by atoms with Crippen molar-refractivity contribution in [2.75, 3.05) is 5.75 Å². The van der Waals surface area contributed by atoms with Crippen LogP contribution in [0, 0.1) is 0 Å².